The van der Waals surface area contributed by atoms with Gasteiger partial charge in [-0.15, -0.1) is 0 Å². The minimum Gasteiger partial charge on any atom is -0.496 e. The van der Waals surface area contributed by atoms with Crippen molar-refractivity contribution in [2.75, 3.05) is 13.7 Å². The maximum Gasteiger partial charge on any atom is 0.163 e. The van der Waals surface area contributed by atoms with Gasteiger partial charge in [0.05, 0.1) is 7.11 Å². The van der Waals surface area contributed by atoms with Crippen molar-refractivity contribution in [1.29, 1.82) is 0 Å². The van der Waals surface area contributed by atoms with E-state index in [1.54, 1.807) is 7.11 Å². The first kappa shape index (κ1) is 17.7. The molecule has 3 heteroatoms. The highest BCUT2D eigenvalue weighted by molar-refractivity contribution is 5.97. The Hall–Kier alpha value is -1.35. The Morgan fingerprint density at radius 3 is 2.48 bits per heavy atom. The Morgan fingerprint density at radius 2 is 1.90 bits per heavy atom. The number of hydrogen-bond acceptors (Lipinski definition) is 3. The Balaban J connectivity index is 2.73. The van der Waals surface area contributed by atoms with Crippen LogP contribution in [0.15, 0.2) is 12.1 Å². The predicted octanol–water partition coefficient (Wildman–Crippen LogP) is 4.04. The van der Waals surface area contributed by atoms with Crippen molar-refractivity contribution >= 4 is 5.78 Å². The molecule has 0 bridgehead atoms. The number of carbonyl (C=O) groups is 1. The highest BCUT2D eigenvalue weighted by atomic mass is 16.5. The van der Waals surface area contributed by atoms with Crippen LogP contribution in [0.3, 0.4) is 0 Å². The van der Waals surface area contributed by atoms with Crippen molar-refractivity contribution in [2.45, 2.75) is 52.9 Å². The zero-order valence-corrected chi connectivity index (χ0v) is 13.9. The van der Waals surface area contributed by atoms with Crippen LogP contribution in [0.25, 0.3) is 0 Å². The molecule has 0 aliphatic carbocycles. The van der Waals surface area contributed by atoms with Crippen molar-refractivity contribution in [1.82, 2.24) is 0 Å². The highest BCUT2D eigenvalue weighted by Gasteiger charge is 2.15. The lowest BCUT2D eigenvalue weighted by molar-refractivity contribution is 0.0971. The number of rotatable bonds is 9. The molecule has 0 saturated heterocycles. The molecule has 0 spiro atoms. The Bertz CT molecular complexity index is 463. The van der Waals surface area contributed by atoms with Gasteiger partial charge in [-0.3, -0.25) is 4.79 Å². The second-order valence-corrected chi connectivity index (χ2v) is 5.83. The van der Waals surface area contributed by atoms with Crippen molar-refractivity contribution < 1.29 is 9.53 Å². The molecule has 0 radical (unpaired) electrons. The fourth-order valence-electron chi connectivity index (χ4n) is 2.86. The molecule has 2 N–H and O–H groups in total. The van der Waals surface area contributed by atoms with Gasteiger partial charge in [-0.1, -0.05) is 19.8 Å². The molecular formula is C18H29NO2. The number of ether oxygens (including phenoxy) is 1. The molecule has 1 unspecified atom stereocenters. The van der Waals surface area contributed by atoms with Crippen molar-refractivity contribution in [3.05, 3.63) is 28.8 Å². The van der Waals surface area contributed by atoms with Gasteiger partial charge in [0.25, 0.3) is 0 Å². The van der Waals surface area contributed by atoms with E-state index in [0.29, 0.717) is 18.9 Å². The van der Waals surface area contributed by atoms with E-state index in [0.717, 1.165) is 48.1 Å². The van der Waals surface area contributed by atoms with Crippen molar-refractivity contribution in [2.24, 2.45) is 11.7 Å². The third-order valence-electron chi connectivity index (χ3n) is 4.09. The van der Waals surface area contributed by atoms with E-state index < -0.39 is 0 Å². The van der Waals surface area contributed by atoms with Crippen LogP contribution in [0.2, 0.25) is 0 Å². The van der Waals surface area contributed by atoms with Gasteiger partial charge >= 0.3 is 0 Å². The number of carbonyl (C=O) groups excluding carboxylic acids is 1. The first-order valence-corrected chi connectivity index (χ1v) is 7.91. The minimum absolute atomic E-state index is 0.233. The summed E-state index contributed by atoms with van der Waals surface area (Å²) in [5.74, 6) is 1.65. The van der Waals surface area contributed by atoms with E-state index in [2.05, 4.69) is 6.92 Å². The highest BCUT2D eigenvalue weighted by Crippen LogP contribution is 2.25. The summed E-state index contributed by atoms with van der Waals surface area (Å²) in [5.41, 5.74) is 8.49. The predicted molar refractivity (Wildman–Crippen MR) is 88.1 cm³/mol. The average molecular weight is 291 g/mol. The quantitative estimate of drug-likeness (QED) is 0.699. The fourth-order valence-corrected chi connectivity index (χ4v) is 2.86. The van der Waals surface area contributed by atoms with Gasteiger partial charge in [-0.2, -0.15) is 0 Å². The summed E-state index contributed by atoms with van der Waals surface area (Å²) in [6, 6.07) is 3.90. The molecule has 1 aromatic carbocycles. The number of nitrogens with two attached hydrogens (primary N) is 1. The molecule has 0 heterocycles. The molecule has 3 nitrogen and oxygen atoms in total. The second-order valence-electron chi connectivity index (χ2n) is 5.83. The first-order chi connectivity index (χ1) is 10.0. The summed E-state index contributed by atoms with van der Waals surface area (Å²) >= 11 is 0. The lowest BCUT2D eigenvalue weighted by atomic mass is 9.91. The first-order valence-electron chi connectivity index (χ1n) is 7.91. The van der Waals surface area contributed by atoms with Gasteiger partial charge in [0.15, 0.2) is 5.78 Å². The van der Waals surface area contributed by atoms with Gasteiger partial charge in [0, 0.05) is 12.0 Å². The van der Waals surface area contributed by atoms with Gasteiger partial charge < -0.3 is 10.5 Å². The van der Waals surface area contributed by atoms with Crippen LogP contribution in [-0.4, -0.2) is 19.4 Å². The van der Waals surface area contributed by atoms with E-state index >= 15 is 0 Å². The molecule has 1 aromatic rings. The largest absolute Gasteiger partial charge is 0.496 e. The van der Waals surface area contributed by atoms with Crippen LogP contribution in [-0.2, 0) is 0 Å². The van der Waals surface area contributed by atoms with E-state index in [-0.39, 0.29) is 5.78 Å². The summed E-state index contributed by atoms with van der Waals surface area (Å²) in [5, 5.41) is 0. The normalized spacial score (nSPS) is 12.2. The summed E-state index contributed by atoms with van der Waals surface area (Å²) in [6.45, 7) is 6.84. The Kier molecular flexibility index (Phi) is 7.44. The number of benzene rings is 1. The van der Waals surface area contributed by atoms with Gasteiger partial charge in [0.1, 0.15) is 5.75 Å². The monoisotopic (exact) mass is 291 g/mol. The fraction of sp³-hybridized carbons (Fsp3) is 0.611. The minimum atomic E-state index is 0.233. The van der Waals surface area contributed by atoms with Crippen LogP contribution < -0.4 is 10.5 Å². The molecule has 0 saturated carbocycles. The Labute approximate surface area is 128 Å². The molecule has 118 valence electrons. The van der Waals surface area contributed by atoms with Crippen molar-refractivity contribution in [3.63, 3.8) is 0 Å². The molecule has 0 amide bonds. The van der Waals surface area contributed by atoms with E-state index in [1.165, 1.54) is 0 Å². The molecule has 21 heavy (non-hydrogen) atoms. The van der Waals surface area contributed by atoms with E-state index in [1.807, 2.05) is 26.0 Å². The third kappa shape index (κ3) is 5.16. The molecular weight excluding hydrogens is 262 g/mol. The summed E-state index contributed by atoms with van der Waals surface area (Å²) in [4.78, 5) is 12.5. The summed E-state index contributed by atoms with van der Waals surface area (Å²) in [7, 11) is 1.66. The molecule has 0 aliphatic heterocycles. The topological polar surface area (TPSA) is 52.3 Å². The average Bonchev–Trinajstić information content (AvgIpc) is 2.46. The standard InChI is InChI=1S/C18H29NO2/c1-5-6-15(9-10-19)7-8-17(20)16-11-14(3)18(21-4)12-13(16)2/h11-12,15H,5-10,19H2,1-4H3. The van der Waals surface area contributed by atoms with Gasteiger partial charge in [0.2, 0.25) is 0 Å². The SMILES string of the molecule is CCCC(CCN)CCC(=O)c1cc(C)c(OC)cc1C. The number of ketones is 1. The Morgan fingerprint density at radius 1 is 1.19 bits per heavy atom. The molecule has 0 fully saturated rings. The molecule has 1 atom stereocenters. The van der Waals surface area contributed by atoms with Crippen LogP contribution in [0.5, 0.6) is 5.75 Å². The van der Waals surface area contributed by atoms with Gasteiger partial charge in [-0.05, 0) is 62.4 Å². The van der Waals surface area contributed by atoms with Crippen LogP contribution in [0, 0.1) is 19.8 Å². The zero-order chi connectivity index (χ0) is 15.8. The second kappa shape index (κ2) is 8.83. The van der Waals surface area contributed by atoms with Crippen molar-refractivity contribution in [3.8, 4) is 5.75 Å². The number of hydrogen-bond donors (Lipinski definition) is 1. The third-order valence-corrected chi connectivity index (χ3v) is 4.09. The number of aryl methyl sites for hydroxylation is 2. The smallest absolute Gasteiger partial charge is 0.163 e. The lowest BCUT2D eigenvalue weighted by Gasteiger charge is -2.15. The maximum absolute atomic E-state index is 12.5. The summed E-state index contributed by atoms with van der Waals surface area (Å²) in [6.07, 6.45) is 4.87. The van der Waals surface area contributed by atoms with Gasteiger partial charge in [-0.25, -0.2) is 0 Å². The zero-order valence-electron chi connectivity index (χ0n) is 13.9. The number of Topliss-reactive ketones (excluding diaryl/α,β-unsaturated/α-hetero) is 1. The maximum atomic E-state index is 12.5. The summed E-state index contributed by atoms with van der Waals surface area (Å²) < 4.78 is 5.30. The number of methoxy groups -OCH3 is 1. The van der Waals surface area contributed by atoms with Crippen LogP contribution in [0.1, 0.15) is 60.5 Å². The molecule has 1 rings (SSSR count). The van der Waals surface area contributed by atoms with E-state index in [9.17, 15) is 4.79 Å². The van der Waals surface area contributed by atoms with Crippen LogP contribution >= 0.6 is 0 Å². The molecule has 0 aliphatic rings. The van der Waals surface area contributed by atoms with E-state index in [4.69, 9.17) is 10.5 Å². The molecule has 0 aromatic heterocycles. The lowest BCUT2D eigenvalue weighted by Crippen LogP contribution is -2.11. The van der Waals surface area contributed by atoms with Crippen LogP contribution in [0.4, 0.5) is 0 Å².